The Hall–Kier alpha value is -1.42. The van der Waals surface area contributed by atoms with Crippen LogP contribution in [0.3, 0.4) is 0 Å². The Bertz CT molecular complexity index is 439. The monoisotopic (exact) mass is 289 g/mol. The predicted octanol–water partition coefficient (Wildman–Crippen LogP) is 3.21. The average molecular weight is 289 g/mol. The lowest BCUT2D eigenvalue weighted by molar-refractivity contribution is -0.121. The molecule has 1 amide bonds. The number of amides is 1. The lowest BCUT2D eigenvalue weighted by atomic mass is 9.78. The number of aromatic nitrogens is 1. The van der Waals surface area contributed by atoms with Crippen molar-refractivity contribution < 1.29 is 4.79 Å². The largest absolute Gasteiger partial charge is 0.326 e. The zero-order chi connectivity index (χ0) is 15.2. The van der Waals surface area contributed by atoms with Gasteiger partial charge in [-0.1, -0.05) is 13.8 Å². The molecule has 1 atom stereocenters. The highest BCUT2D eigenvalue weighted by Gasteiger charge is 2.29. The Morgan fingerprint density at radius 1 is 1.14 bits per heavy atom. The molecule has 21 heavy (non-hydrogen) atoms. The van der Waals surface area contributed by atoms with Gasteiger partial charge in [-0.3, -0.25) is 9.78 Å². The third-order valence-electron chi connectivity index (χ3n) is 4.39. The number of nitrogens with one attached hydrogen (secondary N) is 2. The Balaban J connectivity index is 1.79. The van der Waals surface area contributed by atoms with Crippen LogP contribution in [0.2, 0.25) is 0 Å². The molecule has 0 saturated heterocycles. The fraction of sp³-hybridized carbons (Fsp3) is 0.647. The van der Waals surface area contributed by atoms with Gasteiger partial charge in [-0.05, 0) is 50.7 Å². The maximum Gasteiger partial charge on any atom is 0.227 e. The molecular weight excluding hydrogens is 262 g/mol. The molecule has 1 aliphatic carbocycles. The molecule has 0 bridgehead atoms. The average Bonchev–Trinajstić information content (AvgIpc) is 2.47. The summed E-state index contributed by atoms with van der Waals surface area (Å²) in [6, 6.07) is 4.72. The molecule has 1 heterocycles. The number of carbonyl (C=O) groups excluding carboxylic acids is 1. The van der Waals surface area contributed by atoms with E-state index in [1.54, 1.807) is 12.4 Å². The quantitative estimate of drug-likeness (QED) is 0.875. The van der Waals surface area contributed by atoms with Gasteiger partial charge >= 0.3 is 0 Å². The Kier molecular flexibility index (Phi) is 5.74. The minimum Gasteiger partial charge on any atom is -0.326 e. The molecule has 0 radical (unpaired) electrons. The van der Waals surface area contributed by atoms with E-state index in [9.17, 15) is 4.79 Å². The van der Waals surface area contributed by atoms with E-state index in [1.807, 2.05) is 12.1 Å². The summed E-state index contributed by atoms with van der Waals surface area (Å²) in [6.07, 6.45) is 7.65. The minimum absolute atomic E-state index is 0.153. The van der Waals surface area contributed by atoms with Crippen LogP contribution in [0.4, 0.5) is 5.69 Å². The first-order valence-electron chi connectivity index (χ1n) is 8.03. The maximum atomic E-state index is 12.3. The normalized spacial score (nSPS) is 23.8. The van der Waals surface area contributed by atoms with Crippen LogP contribution in [0.25, 0.3) is 0 Å². The Morgan fingerprint density at radius 3 is 2.33 bits per heavy atom. The number of carbonyl (C=O) groups is 1. The number of rotatable bonds is 5. The molecule has 1 saturated carbocycles. The van der Waals surface area contributed by atoms with Crippen LogP contribution >= 0.6 is 0 Å². The van der Waals surface area contributed by atoms with Crippen LogP contribution in [0.1, 0.15) is 46.5 Å². The van der Waals surface area contributed by atoms with E-state index in [2.05, 4.69) is 36.4 Å². The molecule has 1 aromatic rings. The van der Waals surface area contributed by atoms with E-state index in [-0.39, 0.29) is 11.8 Å². The summed E-state index contributed by atoms with van der Waals surface area (Å²) in [7, 11) is 0. The summed E-state index contributed by atoms with van der Waals surface area (Å²) < 4.78 is 0. The highest BCUT2D eigenvalue weighted by molar-refractivity contribution is 5.92. The van der Waals surface area contributed by atoms with Crippen LogP contribution in [-0.2, 0) is 4.79 Å². The number of nitrogens with zero attached hydrogens (tertiary/aromatic N) is 1. The van der Waals surface area contributed by atoms with Gasteiger partial charge in [0, 0.05) is 36.1 Å². The topological polar surface area (TPSA) is 54.0 Å². The number of hydrogen-bond donors (Lipinski definition) is 2. The van der Waals surface area contributed by atoms with E-state index < -0.39 is 0 Å². The summed E-state index contributed by atoms with van der Waals surface area (Å²) >= 11 is 0. The summed E-state index contributed by atoms with van der Waals surface area (Å²) in [6.45, 7) is 6.64. The second kappa shape index (κ2) is 7.55. The van der Waals surface area contributed by atoms with E-state index >= 15 is 0 Å². The van der Waals surface area contributed by atoms with E-state index in [4.69, 9.17) is 0 Å². The molecular formula is C17H27N3O. The molecule has 0 aliphatic heterocycles. The predicted molar refractivity (Wildman–Crippen MR) is 86.0 cm³/mol. The van der Waals surface area contributed by atoms with Crippen LogP contribution < -0.4 is 10.6 Å². The van der Waals surface area contributed by atoms with Gasteiger partial charge in [-0.15, -0.1) is 0 Å². The zero-order valence-electron chi connectivity index (χ0n) is 13.3. The zero-order valence-corrected chi connectivity index (χ0v) is 13.3. The number of pyridine rings is 1. The van der Waals surface area contributed by atoms with E-state index in [0.29, 0.717) is 18.0 Å². The molecule has 0 aromatic carbocycles. The summed E-state index contributed by atoms with van der Waals surface area (Å²) in [5.74, 6) is 1.00. The molecule has 116 valence electrons. The molecule has 1 unspecified atom stereocenters. The summed E-state index contributed by atoms with van der Waals surface area (Å²) in [5.41, 5.74) is 0.840. The number of hydrogen-bond acceptors (Lipinski definition) is 3. The fourth-order valence-electron chi connectivity index (χ4n) is 3.22. The highest BCUT2D eigenvalue weighted by Crippen LogP contribution is 2.31. The van der Waals surface area contributed by atoms with Crippen molar-refractivity contribution in [2.24, 2.45) is 11.8 Å². The molecule has 1 aliphatic rings. The van der Waals surface area contributed by atoms with Crippen LogP contribution in [0.15, 0.2) is 24.5 Å². The maximum absolute atomic E-state index is 12.3. The van der Waals surface area contributed by atoms with Gasteiger partial charge in [0.2, 0.25) is 5.91 Å². The van der Waals surface area contributed by atoms with Crippen molar-refractivity contribution in [1.82, 2.24) is 10.3 Å². The van der Waals surface area contributed by atoms with Crippen molar-refractivity contribution in [3.8, 4) is 0 Å². The van der Waals surface area contributed by atoms with Crippen LogP contribution in [0, 0.1) is 11.8 Å². The third-order valence-corrected chi connectivity index (χ3v) is 4.39. The van der Waals surface area contributed by atoms with Crippen molar-refractivity contribution in [3.63, 3.8) is 0 Å². The fourth-order valence-corrected chi connectivity index (χ4v) is 3.22. The molecule has 4 heteroatoms. The third kappa shape index (κ3) is 4.81. The van der Waals surface area contributed by atoms with Crippen LogP contribution in [0.5, 0.6) is 0 Å². The van der Waals surface area contributed by atoms with Crippen molar-refractivity contribution >= 4 is 11.6 Å². The van der Waals surface area contributed by atoms with Gasteiger partial charge in [0.05, 0.1) is 0 Å². The van der Waals surface area contributed by atoms with Gasteiger partial charge in [-0.25, -0.2) is 0 Å². The first-order chi connectivity index (χ1) is 10.1. The van der Waals surface area contributed by atoms with Gasteiger partial charge < -0.3 is 10.6 Å². The number of anilines is 1. The van der Waals surface area contributed by atoms with Crippen molar-refractivity contribution in [2.75, 3.05) is 5.32 Å². The molecule has 1 aromatic heterocycles. The lowest BCUT2D eigenvalue weighted by Crippen LogP contribution is -2.40. The Morgan fingerprint density at radius 2 is 1.76 bits per heavy atom. The van der Waals surface area contributed by atoms with E-state index in [1.165, 1.54) is 0 Å². The Labute approximate surface area is 127 Å². The molecule has 2 rings (SSSR count). The van der Waals surface area contributed by atoms with Gasteiger partial charge in [0.15, 0.2) is 0 Å². The second-order valence-corrected chi connectivity index (χ2v) is 6.45. The standard InChI is InChI=1S/C17H27N3O/c1-12(2)19-13(3)14-4-6-15(7-5-14)17(21)20-16-8-10-18-11-9-16/h8-15,19H,4-7H2,1-3H3,(H,18,20,21). The lowest BCUT2D eigenvalue weighted by Gasteiger charge is -2.33. The summed E-state index contributed by atoms with van der Waals surface area (Å²) in [5, 5.41) is 6.58. The van der Waals surface area contributed by atoms with Gasteiger partial charge in [0.25, 0.3) is 0 Å². The molecule has 0 spiro atoms. The highest BCUT2D eigenvalue weighted by atomic mass is 16.1. The second-order valence-electron chi connectivity index (χ2n) is 6.45. The van der Waals surface area contributed by atoms with E-state index in [0.717, 1.165) is 31.4 Å². The van der Waals surface area contributed by atoms with Crippen molar-refractivity contribution in [3.05, 3.63) is 24.5 Å². The first kappa shape index (κ1) is 16.0. The van der Waals surface area contributed by atoms with Crippen molar-refractivity contribution in [1.29, 1.82) is 0 Å². The SMILES string of the molecule is CC(C)NC(C)C1CCC(C(=O)Nc2ccncc2)CC1. The molecule has 1 fully saturated rings. The molecule has 4 nitrogen and oxygen atoms in total. The van der Waals surface area contributed by atoms with Gasteiger partial charge in [0.1, 0.15) is 0 Å². The minimum atomic E-state index is 0.153. The summed E-state index contributed by atoms with van der Waals surface area (Å²) in [4.78, 5) is 16.2. The smallest absolute Gasteiger partial charge is 0.227 e. The van der Waals surface area contributed by atoms with Crippen molar-refractivity contribution in [2.45, 2.75) is 58.5 Å². The molecule has 2 N–H and O–H groups in total. The van der Waals surface area contributed by atoms with Crippen LogP contribution in [-0.4, -0.2) is 23.0 Å². The first-order valence-corrected chi connectivity index (χ1v) is 8.03. The van der Waals surface area contributed by atoms with Gasteiger partial charge in [-0.2, -0.15) is 0 Å².